The molecule has 0 aromatic heterocycles. The molecule has 0 radical (unpaired) electrons. The Kier molecular flexibility index (Phi) is 16.0. The fourth-order valence-corrected chi connectivity index (χ4v) is 2.68. The number of carbonyl (C=O) groups excluding carboxylic acids is 2. The molecule has 0 saturated carbocycles. The summed E-state index contributed by atoms with van der Waals surface area (Å²) in [6, 6.07) is 0. The molecule has 3 N–H and O–H groups in total. The molecule has 0 aliphatic rings. The molecule has 2 amide bonds. The van der Waals surface area contributed by atoms with E-state index in [2.05, 4.69) is 5.32 Å². The quantitative estimate of drug-likeness (QED) is 0.187. The molecule has 0 aromatic rings. The molecule has 14 heteroatoms. The average Bonchev–Trinajstić information content (AvgIpc) is 2.54. The van der Waals surface area contributed by atoms with Gasteiger partial charge in [-0.2, -0.15) is 0 Å². The minimum atomic E-state index is -4.12. The van der Waals surface area contributed by atoms with Crippen molar-refractivity contribution in [3.05, 3.63) is 0 Å². The number of hydrogen-bond donors (Lipinski definition) is 3. The molecule has 0 aromatic carbocycles. The fraction of sp³-hybridized carbons (Fsp3) is 0.895. The summed E-state index contributed by atoms with van der Waals surface area (Å²) >= 11 is 0. The molecule has 208 valence electrons. The second-order valence-electron chi connectivity index (χ2n) is 8.86. The van der Waals surface area contributed by atoms with Gasteiger partial charge < -0.3 is 39.0 Å². The Hall–Kier alpha value is -3.39. The van der Waals surface area contributed by atoms with Crippen molar-refractivity contribution in [3.63, 3.8) is 0 Å². The van der Waals surface area contributed by atoms with Gasteiger partial charge >= 0.3 is 19.8 Å². The van der Waals surface area contributed by atoms with Crippen LogP contribution in [0.15, 0.2) is 0 Å². The zero-order chi connectivity index (χ0) is 24.1. The Bertz CT molecular complexity index is 593. The predicted octanol–water partition coefficient (Wildman–Crippen LogP) is 2.35. The maximum atomic E-state index is 12.3. The van der Waals surface area contributed by atoms with Gasteiger partial charge in [-0.25, -0.2) is 9.59 Å². The van der Waals surface area contributed by atoms with Crippen LogP contribution in [-0.4, -0.2) is 90.3 Å². The molecule has 33 heavy (non-hydrogen) atoms. The number of amides is 2. The molecule has 0 aliphatic carbocycles. The van der Waals surface area contributed by atoms with E-state index in [1.807, 2.05) is 0 Å². The summed E-state index contributed by atoms with van der Waals surface area (Å²) in [4.78, 5) is 43.1. The number of ether oxygens (including phenoxy) is 4. The standard InChI is InChI=1S/C19H39N2O9P.2Fm/c1-18(2,3)29-16(22)20-8-11-27-13-14-28-12-10-21(9-7-15-31(24,25)26)17(23)30-19(4,5)6;;/h7-15H2,1-6H3,(H,20,22)(H2,24,25,26);;. The second kappa shape index (κ2) is 15.4. The summed E-state index contributed by atoms with van der Waals surface area (Å²) in [5.41, 5.74) is -1.23. The third kappa shape index (κ3) is 23.1. The molecule has 0 saturated heterocycles. The van der Waals surface area contributed by atoms with Crippen molar-refractivity contribution in [2.45, 2.75) is 59.2 Å². The van der Waals surface area contributed by atoms with Crippen LogP contribution < -0.4 is 5.32 Å². The third-order valence-electron chi connectivity index (χ3n) is 3.32. The smallest absolute Gasteiger partial charge is 0.410 e. The molecular weight excluding hydrogens is 945 g/mol. The summed E-state index contributed by atoms with van der Waals surface area (Å²) in [6.45, 7) is 12.3. The minimum absolute atomic E-state index is 0. The number of rotatable bonds is 13. The zero-order valence-electron chi connectivity index (χ0n) is 20.1. The molecule has 0 heterocycles. The molecule has 0 bridgehead atoms. The number of alkyl carbamates (subject to hydrolysis) is 1. The summed E-state index contributed by atoms with van der Waals surface area (Å²) in [5.74, 6) is 0. The average molecular weight is 985 g/mol. The summed E-state index contributed by atoms with van der Waals surface area (Å²) < 4.78 is 32.2. The van der Waals surface area contributed by atoms with Crippen LogP contribution in [0, 0.1) is 0 Å². The van der Waals surface area contributed by atoms with Gasteiger partial charge in [0.25, 0.3) is 0 Å². The first-order valence-corrected chi connectivity index (χ1v) is 12.0. The zero-order valence-corrected chi connectivity index (χ0v) is 25.8. The van der Waals surface area contributed by atoms with E-state index in [1.54, 1.807) is 41.5 Å². The fourth-order valence-electron chi connectivity index (χ4n) is 2.12. The van der Waals surface area contributed by atoms with Crippen molar-refractivity contribution >= 4 is 19.8 Å². The summed E-state index contributed by atoms with van der Waals surface area (Å²) in [6.07, 6.45) is -1.23. The van der Waals surface area contributed by atoms with E-state index in [1.165, 1.54) is 4.90 Å². The molecule has 0 fully saturated rings. The molecule has 0 aliphatic heterocycles. The van der Waals surface area contributed by atoms with Crippen molar-refractivity contribution in [3.8, 4) is 0 Å². The van der Waals surface area contributed by atoms with Crippen molar-refractivity contribution in [2.75, 3.05) is 52.2 Å². The first-order chi connectivity index (χ1) is 14.1. The monoisotopic (exact) mass is 984 g/mol. The van der Waals surface area contributed by atoms with Crippen LogP contribution in [-0.2, 0) is 23.5 Å². The van der Waals surface area contributed by atoms with Crippen LogP contribution in [0.2, 0.25) is 0 Å². The van der Waals surface area contributed by atoms with E-state index < -0.39 is 31.0 Å². The van der Waals surface area contributed by atoms with Gasteiger partial charge in [0.15, 0.2) is 0 Å². The number of carbonyl (C=O) groups is 2. The molecule has 0 unspecified atom stereocenters. The van der Waals surface area contributed by atoms with Crippen LogP contribution in [0.5, 0.6) is 0 Å². The Morgan fingerprint density at radius 2 is 1.36 bits per heavy atom. The Balaban J connectivity index is -0.00000450. The first-order valence-electron chi connectivity index (χ1n) is 10.2. The molecule has 0 spiro atoms. The van der Waals surface area contributed by atoms with Crippen LogP contribution in [0.1, 0.15) is 48.0 Å². The van der Waals surface area contributed by atoms with Gasteiger partial charge in [0, 0.05) is 19.6 Å². The van der Waals surface area contributed by atoms with Crippen molar-refractivity contribution in [2.24, 2.45) is 0 Å². The normalized spacial score (nSPS) is 11.6. The van der Waals surface area contributed by atoms with Crippen LogP contribution >= 0.6 is 7.60 Å². The van der Waals surface area contributed by atoms with Gasteiger partial charge in [0.1, 0.15) is 11.2 Å². The first kappa shape index (κ1) is 34.2. The van der Waals surface area contributed by atoms with Gasteiger partial charge in [-0.1, -0.05) is 0 Å². The Morgan fingerprint density at radius 1 is 0.848 bits per heavy atom. The third-order valence-corrected chi connectivity index (χ3v) is 4.22. The van der Waals surface area contributed by atoms with E-state index in [4.69, 9.17) is 28.7 Å². The maximum absolute atomic E-state index is 12.3. The van der Waals surface area contributed by atoms with E-state index in [0.29, 0.717) is 19.8 Å². The van der Waals surface area contributed by atoms with Crippen molar-refractivity contribution < 1.29 is 42.9 Å². The second-order valence-corrected chi connectivity index (χ2v) is 10.6. The summed E-state index contributed by atoms with van der Waals surface area (Å²) in [5, 5.41) is 2.58. The Morgan fingerprint density at radius 3 is 1.85 bits per heavy atom. The van der Waals surface area contributed by atoms with E-state index in [0.717, 1.165) is 0 Å². The van der Waals surface area contributed by atoms with Crippen LogP contribution in [0.4, 0.5) is 9.59 Å². The summed E-state index contributed by atoms with van der Waals surface area (Å²) in [7, 11) is -4.12. The molecule has 0 rings (SSSR count). The van der Waals surface area contributed by atoms with Crippen LogP contribution in [0.3, 0.4) is 0 Å². The van der Waals surface area contributed by atoms with Gasteiger partial charge in [0.2, 0.25) is 0 Å². The number of hydrogen-bond acceptors (Lipinski definition) is 7. The molecular formula is C19H39Fm2N2O9P. The SMILES string of the molecule is CC(C)(C)OC(=O)NCCOCCOCCN(CCCP(=O)(O)O)C(=O)OC(C)(C)C.[Fm].[Fm]. The van der Waals surface area contributed by atoms with Crippen molar-refractivity contribution in [1.29, 1.82) is 0 Å². The predicted molar refractivity (Wildman–Crippen MR) is 115 cm³/mol. The van der Waals surface area contributed by atoms with Gasteiger partial charge in [-0.05, 0) is 48.0 Å². The largest absolute Gasteiger partial charge is 0.444 e. The number of nitrogens with one attached hydrogen (secondary N) is 1. The minimum Gasteiger partial charge on any atom is -0.444 e. The maximum Gasteiger partial charge on any atom is 0.410 e. The topological polar surface area (TPSA) is 144 Å². The van der Waals surface area contributed by atoms with Gasteiger partial charge in [-0.15, -0.1) is 0 Å². The van der Waals surface area contributed by atoms with Crippen molar-refractivity contribution in [1.82, 2.24) is 10.2 Å². The number of nitrogens with zero attached hydrogens (tertiary/aromatic N) is 1. The van der Waals surface area contributed by atoms with E-state index >= 15 is 0 Å². The van der Waals surface area contributed by atoms with Crippen LogP contribution in [0.25, 0.3) is 0 Å². The van der Waals surface area contributed by atoms with E-state index in [-0.39, 0.29) is 38.9 Å². The van der Waals surface area contributed by atoms with Gasteiger partial charge in [0.05, 0.1) is 32.6 Å². The van der Waals surface area contributed by atoms with E-state index in [9.17, 15) is 14.2 Å². The van der Waals surface area contributed by atoms with Gasteiger partial charge in [-0.3, -0.25) is 4.57 Å². The molecule has 0 atom stereocenters. The Labute approximate surface area is 184 Å². The molecule has 11 nitrogen and oxygen atoms in total.